The molecule has 1 aliphatic rings. The Morgan fingerprint density at radius 1 is 1.33 bits per heavy atom. The van der Waals surface area contributed by atoms with Gasteiger partial charge in [-0.25, -0.2) is 4.98 Å². The second-order valence-electron chi connectivity index (χ2n) is 7.10. The maximum Gasteiger partial charge on any atom is 0.251 e. The molecule has 0 bridgehead atoms. The van der Waals surface area contributed by atoms with Gasteiger partial charge in [0.2, 0.25) is 0 Å². The smallest absolute Gasteiger partial charge is 0.251 e. The van der Waals surface area contributed by atoms with E-state index in [4.69, 9.17) is 9.47 Å². The average Bonchev–Trinajstić information content (AvgIpc) is 3.10. The van der Waals surface area contributed by atoms with Crippen LogP contribution in [0.2, 0.25) is 0 Å². The van der Waals surface area contributed by atoms with E-state index in [-0.39, 0.29) is 5.91 Å². The zero-order valence-electron chi connectivity index (χ0n) is 16.1. The number of nitrogens with one attached hydrogen (secondary N) is 1. The average molecular weight is 389 g/mol. The molecule has 1 saturated carbocycles. The van der Waals surface area contributed by atoms with E-state index in [1.165, 1.54) is 19.3 Å². The van der Waals surface area contributed by atoms with Crippen molar-refractivity contribution in [3.8, 4) is 5.75 Å². The van der Waals surface area contributed by atoms with E-state index in [1.54, 1.807) is 23.5 Å². The molecule has 1 amide bonds. The molecule has 146 valence electrons. The number of carbonyl (C=O) groups is 1. The van der Waals surface area contributed by atoms with Crippen molar-refractivity contribution in [2.24, 2.45) is 5.92 Å². The standard InChI is InChI=1S/C21H28N2O3S/c1-15-6-3-4-9-20(15)25-11-10-22-21(24)17-7-5-8-19(12-17)26-13-18-14-27-16(2)23-18/h5,7-8,12,14-15,20H,3-4,6,9-11,13H2,1-2H3,(H,22,24). The van der Waals surface area contributed by atoms with Gasteiger partial charge < -0.3 is 14.8 Å². The van der Waals surface area contributed by atoms with Gasteiger partial charge in [-0.3, -0.25) is 4.79 Å². The molecular weight excluding hydrogens is 360 g/mol. The molecule has 1 aromatic carbocycles. The Kier molecular flexibility index (Phi) is 7.24. The van der Waals surface area contributed by atoms with Crippen LogP contribution in [-0.4, -0.2) is 30.1 Å². The normalized spacial score (nSPS) is 19.6. The van der Waals surface area contributed by atoms with Gasteiger partial charge in [-0.2, -0.15) is 0 Å². The Bertz CT molecular complexity index is 747. The van der Waals surface area contributed by atoms with E-state index in [1.807, 2.05) is 24.4 Å². The Morgan fingerprint density at radius 2 is 2.19 bits per heavy atom. The minimum absolute atomic E-state index is 0.106. The summed E-state index contributed by atoms with van der Waals surface area (Å²) >= 11 is 1.60. The minimum Gasteiger partial charge on any atom is -0.487 e. The zero-order valence-corrected chi connectivity index (χ0v) is 16.9. The molecule has 0 aliphatic heterocycles. The predicted molar refractivity (Wildman–Crippen MR) is 107 cm³/mol. The van der Waals surface area contributed by atoms with E-state index in [9.17, 15) is 4.79 Å². The number of nitrogens with zero attached hydrogens (tertiary/aromatic N) is 1. The highest BCUT2D eigenvalue weighted by Gasteiger charge is 2.21. The lowest BCUT2D eigenvalue weighted by molar-refractivity contribution is -0.00293. The first kappa shape index (κ1) is 19.8. The third-order valence-corrected chi connectivity index (χ3v) is 5.72. The van der Waals surface area contributed by atoms with E-state index in [0.29, 0.717) is 43.1 Å². The van der Waals surface area contributed by atoms with Gasteiger partial charge in [-0.15, -0.1) is 11.3 Å². The van der Waals surface area contributed by atoms with Crippen molar-refractivity contribution in [2.45, 2.75) is 52.2 Å². The molecule has 0 radical (unpaired) electrons. The summed E-state index contributed by atoms with van der Waals surface area (Å²) in [5.74, 6) is 1.18. The van der Waals surface area contributed by atoms with Gasteiger partial charge in [0.1, 0.15) is 12.4 Å². The van der Waals surface area contributed by atoms with Crippen molar-refractivity contribution in [1.82, 2.24) is 10.3 Å². The predicted octanol–water partition coefficient (Wildman–Crippen LogP) is 4.36. The monoisotopic (exact) mass is 388 g/mol. The fourth-order valence-corrected chi connectivity index (χ4v) is 3.96. The summed E-state index contributed by atoms with van der Waals surface area (Å²) in [6, 6.07) is 7.23. The van der Waals surface area contributed by atoms with Crippen LogP contribution in [0.4, 0.5) is 0 Å². The molecule has 1 heterocycles. The first-order valence-electron chi connectivity index (χ1n) is 9.65. The maximum absolute atomic E-state index is 12.4. The molecule has 5 nitrogen and oxygen atoms in total. The first-order valence-corrected chi connectivity index (χ1v) is 10.5. The maximum atomic E-state index is 12.4. The number of thiazole rings is 1. The zero-order chi connectivity index (χ0) is 19.1. The number of rotatable bonds is 8. The molecule has 1 aliphatic carbocycles. The van der Waals surface area contributed by atoms with Crippen LogP contribution in [0.25, 0.3) is 0 Å². The minimum atomic E-state index is -0.106. The summed E-state index contributed by atoms with van der Waals surface area (Å²) in [6.45, 7) is 5.70. The number of ether oxygens (including phenoxy) is 2. The van der Waals surface area contributed by atoms with Crippen molar-refractivity contribution >= 4 is 17.2 Å². The highest BCUT2D eigenvalue weighted by atomic mass is 32.1. The molecule has 1 aromatic heterocycles. The summed E-state index contributed by atoms with van der Waals surface area (Å²) in [5.41, 5.74) is 1.49. The van der Waals surface area contributed by atoms with Crippen LogP contribution in [0.5, 0.6) is 5.75 Å². The molecule has 3 rings (SSSR count). The largest absolute Gasteiger partial charge is 0.487 e. The molecule has 2 unspecified atom stereocenters. The molecule has 2 aromatic rings. The van der Waals surface area contributed by atoms with Gasteiger partial charge in [-0.1, -0.05) is 25.8 Å². The molecule has 6 heteroatoms. The van der Waals surface area contributed by atoms with Crippen molar-refractivity contribution in [3.05, 3.63) is 45.9 Å². The van der Waals surface area contributed by atoms with Gasteiger partial charge in [0.25, 0.3) is 5.91 Å². The highest BCUT2D eigenvalue weighted by Crippen LogP contribution is 2.26. The second-order valence-corrected chi connectivity index (χ2v) is 8.16. The van der Waals surface area contributed by atoms with Crippen molar-refractivity contribution in [1.29, 1.82) is 0 Å². The van der Waals surface area contributed by atoms with Crippen LogP contribution in [0.15, 0.2) is 29.6 Å². The fourth-order valence-electron chi connectivity index (χ4n) is 3.37. The Balaban J connectivity index is 1.42. The summed E-state index contributed by atoms with van der Waals surface area (Å²) in [5, 5.41) is 5.93. The molecule has 0 saturated heterocycles. The van der Waals surface area contributed by atoms with Gasteiger partial charge in [0.05, 0.1) is 23.4 Å². The Hall–Kier alpha value is -1.92. The molecule has 0 spiro atoms. The lowest BCUT2D eigenvalue weighted by Gasteiger charge is -2.28. The fraction of sp³-hybridized carbons (Fsp3) is 0.524. The van der Waals surface area contributed by atoms with Crippen molar-refractivity contribution in [2.75, 3.05) is 13.2 Å². The van der Waals surface area contributed by atoms with Crippen LogP contribution in [0, 0.1) is 12.8 Å². The summed E-state index contributed by atoms with van der Waals surface area (Å²) < 4.78 is 11.7. The number of amides is 1. The third kappa shape index (κ3) is 6.04. The second kappa shape index (κ2) is 9.85. The van der Waals surface area contributed by atoms with Gasteiger partial charge >= 0.3 is 0 Å². The summed E-state index contributed by atoms with van der Waals surface area (Å²) in [6.07, 6.45) is 5.26. The van der Waals surface area contributed by atoms with Crippen molar-refractivity contribution in [3.63, 3.8) is 0 Å². The van der Waals surface area contributed by atoms with Crippen LogP contribution in [0.1, 0.15) is 53.7 Å². The number of aryl methyl sites for hydroxylation is 1. The number of aromatic nitrogens is 1. The van der Waals surface area contributed by atoms with Gasteiger partial charge in [-0.05, 0) is 43.9 Å². The third-order valence-electron chi connectivity index (χ3n) is 4.90. The summed E-state index contributed by atoms with van der Waals surface area (Å²) in [4.78, 5) is 16.7. The lowest BCUT2D eigenvalue weighted by atomic mass is 9.88. The Morgan fingerprint density at radius 3 is 2.96 bits per heavy atom. The SMILES string of the molecule is Cc1nc(COc2cccc(C(=O)NCCOC3CCCCC3C)c2)cs1. The Labute approximate surface area is 165 Å². The quantitative estimate of drug-likeness (QED) is 0.683. The molecular formula is C21H28N2O3S. The number of carbonyl (C=O) groups excluding carboxylic acids is 1. The van der Waals surface area contributed by atoms with Gasteiger partial charge in [0, 0.05) is 17.5 Å². The number of hydrogen-bond acceptors (Lipinski definition) is 5. The lowest BCUT2D eigenvalue weighted by Crippen LogP contribution is -2.31. The molecule has 27 heavy (non-hydrogen) atoms. The van der Waals surface area contributed by atoms with Crippen LogP contribution in [-0.2, 0) is 11.3 Å². The number of benzene rings is 1. The summed E-state index contributed by atoms with van der Waals surface area (Å²) in [7, 11) is 0. The highest BCUT2D eigenvalue weighted by molar-refractivity contribution is 7.09. The van der Waals surface area contributed by atoms with Crippen LogP contribution in [0.3, 0.4) is 0 Å². The number of hydrogen-bond donors (Lipinski definition) is 1. The van der Waals surface area contributed by atoms with E-state index in [2.05, 4.69) is 17.2 Å². The molecule has 1 fully saturated rings. The van der Waals surface area contributed by atoms with E-state index >= 15 is 0 Å². The van der Waals surface area contributed by atoms with E-state index < -0.39 is 0 Å². The van der Waals surface area contributed by atoms with Crippen LogP contribution < -0.4 is 10.1 Å². The first-order chi connectivity index (χ1) is 13.1. The van der Waals surface area contributed by atoms with Crippen LogP contribution >= 0.6 is 11.3 Å². The van der Waals surface area contributed by atoms with Gasteiger partial charge in [0.15, 0.2) is 0 Å². The van der Waals surface area contributed by atoms with Crippen molar-refractivity contribution < 1.29 is 14.3 Å². The molecule has 1 N–H and O–H groups in total. The van der Waals surface area contributed by atoms with E-state index in [0.717, 1.165) is 17.1 Å². The topological polar surface area (TPSA) is 60.5 Å². The molecule has 2 atom stereocenters.